The Morgan fingerprint density at radius 3 is 2.70 bits per heavy atom. The molecule has 6 rings (SSSR count). The van der Waals surface area contributed by atoms with Gasteiger partial charge >= 0.3 is 0 Å². The van der Waals surface area contributed by atoms with Gasteiger partial charge in [-0.05, 0) is 93.4 Å². The predicted octanol–water partition coefficient (Wildman–Crippen LogP) is 5.27. The molecule has 2 aliphatic rings. The fourth-order valence-corrected chi connectivity index (χ4v) is 4.89. The molecule has 1 spiro atoms. The summed E-state index contributed by atoms with van der Waals surface area (Å²) < 4.78 is 12.0. The van der Waals surface area contributed by atoms with Crippen molar-refractivity contribution in [1.29, 1.82) is 0 Å². The zero-order chi connectivity index (χ0) is 25.2. The molecule has 0 aliphatic carbocycles. The van der Waals surface area contributed by atoms with E-state index in [0.717, 1.165) is 76.8 Å². The van der Waals surface area contributed by atoms with Crippen LogP contribution in [0.5, 0.6) is 11.5 Å². The minimum Gasteiger partial charge on any atom is -0.478 e. The molecular weight excluding hydrogens is 464 g/mol. The quantitative estimate of drug-likeness (QED) is 0.377. The molecule has 1 fully saturated rings. The second-order valence-electron chi connectivity index (χ2n) is 9.86. The predicted molar refractivity (Wildman–Crippen MR) is 145 cm³/mol. The molecular formula is C29H30N6O2. The summed E-state index contributed by atoms with van der Waals surface area (Å²) in [6.45, 7) is 6.66. The molecule has 188 valence electrons. The second-order valence-corrected chi connectivity index (χ2v) is 9.86. The maximum absolute atomic E-state index is 6.02. The van der Waals surface area contributed by atoms with E-state index in [-0.39, 0.29) is 5.54 Å². The Hall–Kier alpha value is -4.04. The number of aryl methyl sites for hydroxylation is 2. The van der Waals surface area contributed by atoms with Crippen LogP contribution in [-0.2, 0) is 11.2 Å². The number of piperidine rings is 1. The lowest BCUT2D eigenvalue weighted by Crippen LogP contribution is -2.41. The molecule has 0 bridgehead atoms. The number of anilines is 2. The van der Waals surface area contributed by atoms with Gasteiger partial charge < -0.3 is 20.1 Å². The Morgan fingerprint density at radius 1 is 1.00 bits per heavy atom. The second kappa shape index (κ2) is 9.78. The molecule has 0 radical (unpaired) electrons. The molecule has 1 saturated heterocycles. The summed E-state index contributed by atoms with van der Waals surface area (Å²) in [6.07, 6.45) is 6.05. The lowest BCUT2D eigenvalue weighted by molar-refractivity contribution is 0.213. The molecule has 2 aromatic heterocycles. The zero-order valence-corrected chi connectivity index (χ0v) is 21.1. The van der Waals surface area contributed by atoms with E-state index in [2.05, 4.69) is 37.7 Å². The van der Waals surface area contributed by atoms with Gasteiger partial charge in [0.25, 0.3) is 0 Å². The van der Waals surface area contributed by atoms with Crippen molar-refractivity contribution < 1.29 is 9.47 Å². The molecule has 2 aromatic carbocycles. The van der Waals surface area contributed by atoms with Crippen LogP contribution < -0.4 is 15.4 Å². The Kier molecular flexibility index (Phi) is 6.18. The van der Waals surface area contributed by atoms with Gasteiger partial charge in [-0.2, -0.15) is 0 Å². The summed E-state index contributed by atoms with van der Waals surface area (Å²) in [4.78, 5) is 18.3. The van der Waals surface area contributed by atoms with E-state index in [9.17, 15) is 0 Å². The summed E-state index contributed by atoms with van der Waals surface area (Å²) in [5, 5.41) is 7.83. The molecule has 8 heteroatoms. The molecule has 8 nitrogen and oxygen atoms in total. The monoisotopic (exact) mass is 494 g/mol. The lowest BCUT2D eigenvalue weighted by Gasteiger charge is -2.28. The van der Waals surface area contributed by atoms with Gasteiger partial charge in [0.05, 0.1) is 11.7 Å². The highest BCUT2D eigenvalue weighted by Gasteiger charge is 2.37. The molecule has 0 amide bonds. The van der Waals surface area contributed by atoms with E-state index < -0.39 is 0 Å². The molecule has 4 heterocycles. The van der Waals surface area contributed by atoms with Crippen molar-refractivity contribution in [2.45, 2.75) is 38.6 Å². The first-order chi connectivity index (χ1) is 18.1. The topological polar surface area (TPSA) is 93.5 Å². The lowest BCUT2D eigenvalue weighted by atomic mass is 9.90. The minimum absolute atomic E-state index is 0.0447. The highest BCUT2D eigenvalue weighted by atomic mass is 16.5. The number of fused-ring (bicyclic) bond motifs is 1. The third-order valence-electron chi connectivity index (χ3n) is 7.01. The minimum atomic E-state index is -0.0447. The maximum Gasteiger partial charge on any atom is 0.188 e. The number of benzene rings is 2. The summed E-state index contributed by atoms with van der Waals surface area (Å²) in [7, 11) is 0. The number of pyridine rings is 1. The summed E-state index contributed by atoms with van der Waals surface area (Å²) >= 11 is 0. The molecule has 2 N–H and O–H groups in total. The molecule has 2 aliphatic heterocycles. The molecule has 0 saturated carbocycles. The summed E-state index contributed by atoms with van der Waals surface area (Å²) in [5.74, 6) is 3.08. The first-order valence-corrected chi connectivity index (χ1v) is 12.7. The fraction of sp³-hybridized carbons (Fsp3) is 0.310. The standard InChI is InChI=1S/C29H30N6O2/c1-19-13-22(5-8-26(19)37-23-6-3-20(2)31-16-23)34-28-24-14-21(4-7-25(24)32-18-33-28)15-27-35-29(17-36-27)9-11-30-12-10-29/h3-8,13-14,16,18,30H,9-12,15,17H2,1-2H3,(H,32,33,34). The third kappa shape index (κ3) is 5.11. The van der Waals surface area contributed by atoms with Crippen LogP contribution >= 0.6 is 0 Å². The van der Waals surface area contributed by atoms with Crippen molar-refractivity contribution in [2.75, 3.05) is 25.0 Å². The first kappa shape index (κ1) is 23.4. The highest BCUT2D eigenvalue weighted by molar-refractivity contribution is 5.92. The number of aliphatic imine (C=N–C) groups is 1. The molecule has 4 aromatic rings. The summed E-state index contributed by atoms with van der Waals surface area (Å²) in [6, 6.07) is 16.1. The third-order valence-corrected chi connectivity index (χ3v) is 7.01. The van der Waals surface area contributed by atoms with Gasteiger partial charge in [-0.1, -0.05) is 6.07 Å². The number of rotatable bonds is 6. The van der Waals surface area contributed by atoms with Crippen LogP contribution in [0.15, 0.2) is 66.0 Å². The van der Waals surface area contributed by atoms with Gasteiger partial charge in [0.2, 0.25) is 0 Å². The van der Waals surface area contributed by atoms with E-state index in [1.165, 1.54) is 0 Å². The molecule has 0 unspecified atom stereocenters. The van der Waals surface area contributed by atoms with Gasteiger partial charge in [0.1, 0.15) is 35.8 Å². The van der Waals surface area contributed by atoms with E-state index >= 15 is 0 Å². The van der Waals surface area contributed by atoms with Gasteiger partial charge in [-0.3, -0.25) is 4.98 Å². The van der Waals surface area contributed by atoms with Crippen LogP contribution in [0.2, 0.25) is 0 Å². The number of hydrogen-bond acceptors (Lipinski definition) is 8. The number of aromatic nitrogens is 3. The van der Waals surface area contributed by atoms with E-state index in [1.54, 1.807) is 12.5 Å². The Morgan fingerprint density at radius 2 is 1.89 bits per heavy atom. The van der Waals surface area contributed by atoms with Crippen LogP contribution in [0.25, 0.3) is 10.9 Å². The van der Waals surface area contributed by atoms with Crippen molar-refractivity contribution in [3.8, 4) is 11.5 Å². The average molecular weight is 495 g/mol. The first-order valence-electron chi connectivity index (χ1n) is 12.7. The van der Waals surface area contributed by atoms with Gasteiger partial charge in [-0.15, -0.1) is 0 Å². The maximum atomic E-state index is 6.02. The molecule has 0 atom stereocenters. The summed E-state index contributed by atoms with van der Waals surface area (Å²) in [5.41, 5.74) is 4.85. The normalized spacial score (nSPS) is 16.4. The number of nitrogens with zero attached hydrogens (tertiary/aromatic N) is 4. The number of nitrogens with one attached hydrogen (secondary N) is 2. The highest BCUT2D eigenvalue weighted by Crippen LogP contribution is 2.31. The average Bonchev–Trinajstić information content (AvgIpc) is 3.28. The van der Waals surface area contributed by atoms with E-state index in [1.807, 2.05) is 50.2 Å². The van der Waals surface area contributed by atoms with Gasteiger partial charge in [-0.25, -0.2) is 15.0 Å². The van der Waals surface area contributed by atoms with Gasteiger partial charge in [0.15, 0.2) is 5.90 Å². The van der Waals surface area contributed by atoms with Crippen LogP contribution in [0.3, 0.4) is 0 Å². The Bertz CT molecular complexity index is 1460. The van der Waals surface area contributed by atoms with Crippen LogP contribution in [0.4, 0.5) is 11.5 Å². The SMILES string of the molecule is Cc1ccc(Oc2ccc(Nc3ncnc4ccc(CC5=NC6(CCNCC6)CO5)cc34)cc2C)cn1. The van der Waals surface area contributed by atoms with Crippen molar-refractivity contribution in [3.05, 3.63) is 77.9 Å². The number of hydrogen-bond donors (Lipinski definition) is 2. The van der Waals surface area contributed by atoms with E-state index in [0.29, 0.717) is 18.8 Å². The Balaban J connectivity index is 1.21. The van der Waals surface area contributed by atoms with E-state index in [4.69, 9.17) is 14.5 Å². The van der Waals surface area contributed by atoms with Crippen molar-refractivity contribution in [3.63, 3.8) is 0 Å². The molecule has 37 heavy (non-hydrogen) atoms. The number of ether oxygens (including phenoxy) is 2. The van der Waals surface area contributed by atoms with Crippen molar-refractivity contribution in [1.82, 2.24) is 20.3 Å². The van der Waals surface area contributed by atoms with Crippen molar-refractivity contribution in [2.24, 2.45) is 4.99 Å². The Labute approximate surface area is 216 Å². The van der Waals surface area contributed by atoms with Crippen molar-refractivity contribution >= 4 is 28.3 Å². The smallest absolute Gasteiger partial charge is 0.188 e. The largest absolute Gasteiger partial charge is 0.478 e. The van der Waals surface area contributed by atoms with Crippen LogP contribution in [-0.4, -0.2) is 46.1 Å². The zero-order valence-electron chi connectivity index (χ0n) is 21.1. The van der Waals surface area contributed by atoms with Crippen LogP contribution in [0.1, 0.15) is 29.7 Å². The van der Waals surface area contributed by atoms with Crippen LogP contribution in [0, 0.1) is 13.8 Å². The van der Waals surface area contributed by atoms with Gasteiger partial charge in [0, 0.05) is 23.2 Å². The fourth-order valence-electron chi connectivity index (χ4n) is 4.89.